The lowest BCUT2D eigenvalue weighted by molar-refractivity contribution is -0.122. The predicted molar refractivity (Wildman–Crippen MR) is 71.7 cm³/mol. The van der Waals surface area contributed by atoms with Gasteiger partial charge < -0.3 is 9.73 Å². The molecule has 2 aromatic heterocycles. The Balaban J connectivity index is 1.85. The fourth-order valence-corrected chi connectivity index (χ4v) is 2.07. The molecule has 2 heterocycles. The molecule has 1 amide bonds. The van der Waals surface area contributed by atoms with E-state index in [0.29, 0.717) is 6.42 Å². The van der Waals surface area contributed by atoms with E-state index >= 15 is 0 Å². The summed E-state index contributed by atoms with van der Waals surface area (Å²) in [5.74, 6) is 0.837. The van der Waals surface area contributed by atoms with Crippen molar-refractivity contribution in [2.45, 2.75) is 39.8 Å². The number of hydrogen-bond acceptors (Lipinski definition) is 3. The summed E-state index contributed by atoms with van der Waals surface area (Å²) in [5.41, 5.74) is 1.92. The Bertz CT molecular complexity index is 543. The van der Waals surface area contributed by atoms with Gasteiger partial charge in [-0.25, -0.2) is 0 Å². The summed E-state index contributed by atoms with van der Waals surface area (Å²) in [5, 5.41) is 7.21. The Hall–Kier alpha value is -2.04. The molecular formula is C14H19N3O2. The first kappa shape index (κ1) is 13.4. The fraction of sp³-hybridized carbons (Fsp3) is 0.429. The van der Waals surface area contributed by atoms with Gasteiger partial charge in [-0.05, 0) is 39.0 Å². The van der Waals surface area contributed by atoms with Crippen LogP contribution in [0.2, 0.25) is 0 Å². The van der Waals surface area contributed by atoms with Crippen LogP contribution in [0.3, 0.4) is 0 Å². The lowest BCUT2D eigenvalue weighted by atomic mass is 10.2. The number of nitrogens with zero attached hydrogens (tertiary/aromatic N) is 2. The van der Waals surface area contributed by atoms with E-state index in [-0.39, 0.29) is 18.5 Å². The molecule has 19 heavy (non-hydrogen) atoms. The highest BCUT2D eigenvalue weighted by Gasteiger charge is 2.11. The Morgan fingerprint density at radius 3 is 2.89 bits per heavy atom. The first-order valence-electron chi connectivity index (χ1n) is 6.37. The maximum atomic E-state index is 11.9. The molecule has 5 nitrogen and oxygen atoms in total. The zero-order valence-corrected chi connectivity index (χ0v) is 11.5. The van der Waals surface area contributed by atoms with E-state index in [1.54, 1.807) is 10.9 Å². The average molecular weight is 261 g/mol. The number of aromatic nitrogens is 2. The second kappa shape index (κ2) is 5.73. The van der Waals surface area contributed by atoms with Crippen LogP contribution in [-0.2, 0) is 17.8 Å². The van der Waals surface area contributed by atoms with E-state index < -0.39 is 0 Å². The zero-order valence-electron chi connectivity index (χ0n) is 11.5. The van der Waals surface area contributed by atoms with Gasteiger partial charge in [0, 0.05) is 18.2 Å². The molecule has 1 atom stereocenters. The number of amides is 1. The largest absolute Gasteiger partial charge is 0.469 e. The Morgan fingerprint density at radius 1 is 1.53 bits per heavy atom. The lowest BCUT2D eigenvalue weighted by Gasteiger charge is -2.13. The van der Waals surface area contributed by atoms with E-state index in [9.17, 15) is 4.79 Å². The maximum Gasteiger partial charge on any atom is 0.241 e. The van der Waals surface area contributed by atoms with Crippen molar-refractivity contribution in [2.75, 3.05) is 0 Å². The van der Waals surface area contributed by atoms with Crippen LogP contribution in [0, 0.1) is 13.8 Å². The third kappa shape index (κ3) is 3.71. The van der Waals surface area contributed by atoms with E-state index in [1.807, 2.05) is 39.0 Å². The molecule has 2 rings (SSSR count). The number of nitrogens with one attached hydrogen (secondary N) is 1. The van der Waals surface area contributed by atoms with Crippen LogP contribution in [0.4, 0.5) is 0 Å². The van der Waals surface area contributed by atoms with Gasteiger partial charge in [0.25, 0.3) is 0 Å². The molecule has 0 aromatic carbocycles. The molecule has 0 aliphatic heterocycles. The summed E-state index contributed by atoms with van der Waals surface area (Å²) in [6.07, 6.45) is 2.33. The van der Waals surface area contributed by atoms with Crippen molar-refractivity contribution in [3.8, 4) is 0 Å². The number of aryl methyl sites for hydroxylation is 2. The first-order valence-corrected chi connectivity index (χ1v) is 6.37. The SMILES string of the molecule is Cc1cc(C)n(CC(=O)NC(C)Cc2ccco2)n1. The Morgan fingerprint density at radius 2 is 2.32 bits per heavy atom. The van der Waals surface area contributed by atoms with Crippen LogP contribution in [0.5, 0.6) is 0 Å². The number of rotatable bonds is 5. The molecule has 0 fully saturated rings. The van der Waals surface area contributed by atoms with Crippen molar-refractivity contribution in [1.29, 1.82) is 0 Å². The molecule has 1 N–H and O–H groups in total. The third-order valence-electron chi connectivity index (χ3n) is 2.89. The van der Waals surface area contributed by atoms with Gasteiger partial charge >= 0.3 is 0 Å². The van der Waals surface area contributed by atoms with Crippen LogP contribution in [0.25, 0.3) is 0 Å². The molecule has 5 heteroatoms. The standard InChI is InChI=1S/C14H19N3O2/c1-10(8-13-5-4-6-19-13)15-14(18)9-17-12(3)7-11(2)16-17/h4-7,10H,8-9H2,1-3H3,(H,15,18). The molecule has 2 aromatic rings. The first-order chi connectivity index (χ1) is 9.04. The van der Waals surface area contributed by atoms with Gasteiger partial charge in [0.15, 0.2) is 0 Å². The average Bonchev–Trinajstić information content (AvgIpc) is 2.89. The van der Waals surface area contributed by atoms with Crippen molar-refractivity contribution in [3.05, 3.63) is 41.6 Å². The molecule has 1 unspecified atom stereocenters. The van der Waals surface area contributed by atoms with Crippen molar-refractivity contribution in [1.82, 2.24) is 15.1 Å². The van der Waals surface area contributed by atoms with Crippen LogP contribution in [0.15, 0.2) is 28.9 Å². The van der Waals surface area contributed by atoms with Gasteiger partial charge in [-0.15, -0.1) is 0 Å². The molecule has 0 radical (unpaired) electrons. The molecular weight excluding hydrogens is 242 g/mol. The fourth-order valence-electron chi connectivity index (χ4n) is 2.07. The molecule has 0 bridgehead atoms. The summed E-state index contributed by atoms with van der Waals surface area (Å²) < 4.78 is 6.97. The highest BCUT2D eigenvalue weighted by atomic mass is 16.3. The molecule has 102 valence electrons. The minimum atomic E-state index is -0.0368. The number of hydrogen-bond donors (Lipinski definition) is 1. The lowest BCUT2D eigenvalue weighted by Crippen LogP contribution is -2.36. The smallest absolute Gasteiger partial charge is 0.241 e. The molecule has 0 saturated carbocycles. The quantitative estimate of drug-likeness (QED) is 0.893. The summed E-state index contributed by atoms with van der Waals surface area (Å²) in [7, 11) is 0. The van der Waals surface area contributed by atoms with E-state index in [2.05, 4.69) is 10.4 Å². The molecule has 0 saturated heterocycles. The van der Waals surface area contributed by atoms with Gasteiger partial charge in [-0.2, -0.15) is 5.10 Å². The van der Waals surface area contributed by atoms with Crippen LogP contribution in [0.1, 0.15) is 24.1 Å². The highest BCUT2D eigenvalue weighted by molar-refractivity contribution is 5.76. The summed E-state index contributed by atoms with van der Waals surface area (Å²) in [6, 6.07) is 5.75. The number of furan rings is 1. The van der Waals surface area contributed by atoms with Gasteiger partial charge in [-0.1, -0.05) is 0 Å². The van der Waals surface area contributed by atoms with Crippen LogP contribution >= 0.6 is 0 Å². The van der Waals surface area contributed by atoms with Crippen molar-refractivity contribution >= 4 is 5.91 Å². The minimum Gasteiger partial charge on any atom is -0.469 e. The second-order valence-corrected chi connectivity index (χ2v) is 4.84. The Kier molecular flexibility index (Phi) is 4.04. The van der Waals surface area contributed by atoms with Crippen molar-refractivity contribution in [3.63, 3.8) is 0 Å². The molecule has 0 spiro atoms. The van der Waals surface area contributed by atoms with E-state index in [4.69, 9.17) is 4.42 Å². The normalized spacial score (nSPS) is 12.4. The second-order valence-electron chi connectivity index (χ2n) is 4.84. The molecule has 0 aliphatic rings. The maximum absolute atomic E-state index is 11.9. The van der Waals surface area contributed by atoms with Gasteiger partial charge in [-0.3, -0.25) is 9.48 Å². The number of carbonyl (C=O) groups is 1. The predicted octanol–water partition coefficient (Wildman–Crippen LogP) is 1.84. The van der Waals surface area contributed by atoms with E-state index in [0.717, 1.165) is 17.1 Å². The third-order valence-corrected chi connectivity index (χ3v) is 2.89. The van der Waals surface area contributed by atoms with Crippen LogP contribution < -0.4 is 5.32 Å². The summed E-state index contributed by atoms with van der Waals surface area (Å²) >= 11 is 0. The van der Waals surface area contributed by atoms with Crippen LogP contribution in [-0.4, -0.2) is 21.7 Å². The topological polar surface area (TPSA) is 60.1 Å². The highest BCUT2D eigenvalue weighted by Crippen LogP contribution is 2.04. The van der Waals surface area contributed by atoms with Crippen molar-refractivity contribution < 1.29 is 9.21 Å². The number of carbonyl (C=O) groups excluding carboxylic acids is 1. The Labute approximate surface area is 112 Å². The molecule has 0 aliphatic carbocycles. The minimum absolute atomic E-state index is 0.0368. The van der Waals surface area contributed by atoms with Gasteiger partial charge in [0.2, 0.25) is 5.91 Å². The van der Waals surface area contributed by atoms with Gasteiger partial charge in [0.05, 0.1) is 12.0 Å². The summed E-state index contributed by atoms with van der Waals surface area (Å²) in [4.78, 5) is 11.9. The van der Waals surface area contributed by atoms with Crippen molar-refractivity contribution in [2.24, 2.45) is 0 Å². The monoisotopic (exact) mass is 261 g/mol. The van der Waals surface area contributed by atoms with E-state index in [1.165, 1.54) is 0 Å². The van der Waals surface area contributed by atoms with Gasteiger partial charge in [0.1, 0.15) is 12.3 Å². The summed E-state index contributed by atoms with van der Waals surface area (Å²) in [6.45, 7) is 6.07. The zero-order chi connectivity index (χ0) is 13.8.